The second-order valence-corrected chi connectivity index (χ2v) is 7.33. The number of amides is 2. The Morgan fingerprint density at radius 3 is 2.64 bits per heavy atom. The standard InChI is InChI=1S/C20H18F3N3O2/c1-12-9-25(10-12)19(28)11-26-17-6-14(8-24-16(17)7-18(26)27)13-3-2-4-15(5-13)20(21,22)23/h2-6,8,12H,7,9-11H2,1H3. The predicted octanol–water partition coefficient (Wildman–Crippen LogP) is 3.13. The van der Waals surface area contributed by atoms with Crippen molar-refractivity contribution in [3.8, 4) is 11.1 Å². The van der Waals surface area contributed by atoms with E-state index < -0.39 is 11.7 Å². The van der Waals surface area contributed by atoms with Gasteiger partial charge in [0.1, 0.15) is 6.54 Å². The number of halogens is 3. The normalized spacial score (nSPS) is 16.9. The van der Waals surface area contributed by atoms with Crippen LogP contribution in [0.3, 0.4) is 0 Å². The van der Waals surface area contributed by atoms with E-state index in [2.05, 4.69) is 4.98 Å². The van der Waals surface area contributed by atoms with Gasteiger partial charge in [0, 0.05) is 24.8 Å². The van der Waals surface area contributed by atoms with Crippen LogP contribution in [0.2, 0.25) is 0 Å². The number of anilines is 1. The van der Waals surface area contributed by atoms with Gasteiger partial charge in [0.25, 0.3) is 0 Å². The van der Waals surface area contributed by atoms with Crippen LogP contribution in [-0.2, 0) is 22.2 Å². The summed E-state index contributed by atoms with van der Waals surface area (Å²) in [6.45, 7) is 3.32. The lowest BCUT2D eigenvalue weighted by atomic mass is 10.0. The number of carbonyl (C=O) groups is 2. The van der Waals surface area contributed by atoms with Crippen LogP contribution in [0.25, 0.3) is 11.1 Å². The first-order chi connectivity index (χ1) is 13.2. The Bertz CT molecular complexity index is 952. The SMILES string of the molecule is CC1CN(C(=O)CN2C(=O)Cc3ncc(-c4cccc(C(F)(F)F)c4)cc32)C1. The van der Waals surface area contributed by atoms with Crippen LogP contribution in [0.1, 0.15) is 18.2 Å². The Morgan fingerprint density at radius 2 is 1.96 bits per heavy atom. The molecule has 0 bridgehead atoms. The van der Waals surface area contributed by atoms with Gasteiger partial charge in [-0.3, -0.25) is 14.6 Å². The second kappa shape index (κ2) is 6.61. The van der Waals surface area contributed by atoms with Crippen LogP contribution >= 0.6 is 0 Å². The van der Waals surface area contributed by atoms with Crippen molar-refractivity contribution >= 4 is 17.5 Å². The van der Waals surface area contributed by atoms with E-state index >= 15 is 0 Å². The van der Waals surface area contributed by atoms with Crippen molar-refractivity contribution in [1.29, 1.82) is 0 Å². The number of hydrogen-bond acceptors (Lipinski definition) is 3. The lowest BCUT2D eigenvalue weighted by Gasteiger charge is -2.38. The molecule has 4 rings (SSSR count). The van der Waals surface area contributed by atoms with Gasteiger partial charge < -0.3 is 9.80 Å². The van der Waals surface area contributed by atoms with Crippen molar-refractivity contribution in [2.45, 2.75) is 19.5 Å². The van der Waals surface area contributed by atoms with Crippen molar-refractivity contribution in [1.82, 2.24) is 9.88 Å². The highest BCUT2D eigenvalue weighted by atomic mass is 19.4. The van der Waals surface area contributed by atoms with Crippen molar-refractivity contribution in [2.75, 3.05) is 24.5 Å². The van der Waals surface area contributed by atoms with Gasteiger partial charge in [0.15, 0.2) is 0 Å². The van der Waals surface area contributed by atoms with Gasteiger partial charge in [-0.25, -0.2) is 0 Å². The van der Waals surface area contributed by atoms with Gasteiger partial charge in [-0.05, 0) is 29.7 Å². The van der Waals surface area contributed by atoms with Crippen LogP contribution in [0.5, 0.6) is 0 Å². The summed E-state index contributed by atoms with van der Waals surface area (Å²) >= 11 is 0. The van der Waals surface area contributed by atoms with E-state index in [1.165, 1.54) is 17.2 Å². The molecule has 146 valence electrons. The minimum absolute atomic E-state index is 0.0771. The zero-order chi connectivity index (χ0) is 20.1. The fraction of sp³-hybridized carbons (Fsp3) is 0.350. The summed E-state index contributed by atoms with van der Waals surface area (Å²) in [4.78, 5) is 32.1. The Labute approximate surface area is 159 Å². The quantitative estimate of drug-likeness (QED) is 0.811. The van der Waals surface area contributed by atoms with Crippen LogP contribution in [0, 0.1) is 5.92 Å². The van der Waals surface area contributed by atoms with Gasteiger partial charge in [-0.15, -0.1) is 0 Å². The largest absolute Gasteiger partial charge is 0.416 e. The minimum Gasteiger partial charge on any atom is -0.340 e. The number of aromatic nitrogens is 1. The third-order valence-electron chi connectivity index (χ3n) is 5.09. The molecule has 8 heteroatoms. The average molecular weight is 389 g/mol. The van der Waals surface area contributed by atoms with E-state index in [-0.39, 0.29) is 24.8 Å². The second-order valence-electron chi connectivity index (χ2n) is 7.33. The summed E-state index contributed by atoms with van der Waals surface area (Å²) in [5.74, 6) is 0.0917. The number of nitrogens with zero attached hydrogens (tertiary/aromatic N) is 3. The van der Waals surface area contributed by atoms with Crippen LogP contribution in [0.4, 0.5) is 18.9 Å². The summed E-state index contributed by atoms with van der Waals surface area (Å²) in [6.07, 6.45) is -2.89. The summed E-state index contributed by atoms with van der Waals surface area (Å²) in [5.41, 5.74) is 1.09. The fourth-order valence-corrected chi connectivity index (χ4v) is 3.57. The highest BCUT2D eigenvalue weighted by molar-refractivity contribution is 6.05. The maximum Gasteiger partial charge on any atom is 0.416 e. The molecule has 5 nitrogen and oxygen atoms in total. The maximum atomic E-state index is 13.0. The maximum absolute atomic E-state index is 13.0. The Balaban J connectivity index is 1.62. The molecular formula is C20H18F3N3O2. The van der Waals surface area contributed by atoms with E-state index in [0.717, 1.165) is 12.1 Å². The zero-order valence-corrected chi connectivity index (χ0v) is 15.2. The molecule has 0 atom stereocenters. The number of carbonyl (C=O) groups excluding carboxylic acids is 2. The molecule has 2 aromatic rings. The molecule has 1 aromatic carbocycles. The van der Waals surface area contributed by atoms with Crippen molar-refractivity contribution in [2.24, 2.45) is 5.92 Å². The smallest absolute Gasteiger partial charge is 0.340 e. The van der Waals surface area contributed by atoms with E-state index in [1.54, 1.807) is 17.0 Å². The topological polar surface area (TPSA) is 53.5 Å². The zero-order valence-electron chi connectivity index (χ0n) is 15.2. The van der Waals surface area contributed by atoms with E-state index in [9.17, 15) is 22.8 Å². The van der Waals surface area contributed by atoms with E-state index in [0.29, 0.717) is 41.5 Å². The van der Waals surface area contributed by atoms with Crippen LogP contribution in [-0.4, -0.2) is 41.3 Å². The van der Waals surface area contributed by atoms with Crippen LogP contribution < -0.4 is 4.90 Å². The predicted molar refractivity (Wildman–Crippen MR) is 96.5 cm³/mol. The average Bonchev–Trinajstić information content (AvgIpc) is 2.93. The summed E-state index contributed by atoms with van der Waals surface area (Å²) in [5, 5.41) is 0. The first kappa shape index (κ1) is 18.5. The number of benzene rings is 1. The molecule has 0 spiro atoms. The molecular weight excluding hydrogens is 371 g/mol. The van der Waals surface area contributed by atoms with E-state index in [4.69, 9.17) is 0 Å². The monoisotopic (exact) mass is 389 g/mol. The molecule has 1 saturated heterocycles. The molecule has 1 fully saturated rings. The third kappa shape index (κ3) is 3.34. The first-order valence-electron chi connectivity index (χ1n) is 8.97. The molecule has 1 aromatic heterocycles. The minimum atomic E-state index is -4.44. The lowest BCUT2D eigenvalue weighted by Crippen LogP contribution is -2.52. The summed E-state index contributed by atoms with van der Waals surface area (Å²) in [7, 11) is 0. The number of rotatable bonds is 3. The van der Waals surface area contributed by atoms with Gasteiger partial charge in [0.05, 0.1) is 23.4 Å². The lowest BCUT2D eigenvalue weighted by molar-refractivity contribution is -0.137. The Morgan fingerprint density at radius 1 is 1.21 bits per heavy atom. The number of likely N-dealkylation sites (tertiary alicyclic amines) is 1. The molecule has 0 unspecified atom stereocenters. The van der Waals surface area contributed by atoms with Gasteiger partial charge >= 0.3 is 6.18 Å². The highest BCUT2D eigenvalue weighted by Gasteiger charge is 2.34. The molecule has 2 aliphatic heterocycles. The van der Waals surface area contributed by atoms with Crippen LogP contribution in [0.15, 0.2) is 36.5 Å². The van der Waals surface area contributed by atoms with Crippen molar-refractivity contribution < 1.29 is 22.8 Å². The Kier molecular flexibility index (Phi) is 4.36. The molecule has 3 heterocycles. The molecule has 0 N–H and O–H groups in total. The first-order valence-corrected chi connectivity index (χ1v) is 8.97. The van der Waals surface area contributed by atoms with Crippen molar-refractivity contribution in [3.63, 3.8) is 0 Å². The van der Waals surface area contributed by atoms with Gasteiger partial charge in [-0.2, -0.15) is 13.2 Å². The highest BCUT2D eigenvalue weighted by Crippen LogP contribution is 2.35. The number of fused-ring (bicyclic) bond motifs is 1. The van der Waals surface area contributed by atoms with Crippen molar-refractivity contribution in [3.05, 3.63) is 47.8 Å². The Hall–Kier alpha value is -2.90. The van der Waals surface area contributed by atoms with E-state index in [1.807, 2.05) is 6.92 Å². The summed E-state index contributed by atoms with van der Waals surface area (Å²) in [6, 6.07) is 6.59. The molecule has 0 radical (unpaired) electrons. The number of alkyl halides is 3. The summed E-state index contributed by atoms with van der Waals surface area (Å²) < 4.78 is 39.0. The molecule has 2 amide bonds. The van der Waals surface area contributed by atoms with Gasteiger partial charge in [-0.1, -0.05) is 19.1 Å². The van der Waals surface area contributed by atoms with Gasteiger partial charge in [0.2, 0.25) is 11.8 Å². The number of pyridine rings is 1. The fourth-order valence-electron chi connectivity index (χ4n) is 3.57. The molecule has 28 heavy (non-hydrogen) atoms. The molecule has 2 aliphatic rings. The molecule has 0 saturated carbocycles. The number of hydrogen-bond donors (Lipinski definition) is 0. The molecule has 0 aliphatic carbocycles. The third-order valence-corrected chi connectivity index (χ3v) is 5.09.